The van der Waals surface area contributed by atoms with Gasteiger partial charge in [0.2, 0.25) is 5.91 Å². The normalized spacial score (nSPS) is 13.7. The van der Waals surface area contributed by atoms with Gasteiger partial charge in [-0.1, -0.05) is 11.6 Å². The molecule has 0 aliphatic heterocycles. The molecule has 0 saturated carbocycles. The number of hydrogen-bond acceptors (Lipinski definition) is 5. The third-order valence-electron chi connectivity index (χ3n) is 2.43. The molecule has 8 heteroatoms. The minimum atomic E-state index is -1.43. The molecule has 0 bridgehead atoms. The molecule has 0 radical (unpaired) electrons. The molecule has 1 aromatic rings. The predicted molar refractivity (Wildman–Crippen MR) is 67.8 cm³/mol. The maximum atomic E-state index is 10.7. The molecule has 104 valence electrons. The SMILES string of the molecule is CC(=O)NCC(O)C(O)c1cc([N+](=O)[O-])ccc1Cl. The summed E-state index contributed by atoms with van der Waals surface area (Å²) in [5.41, 5.74) is -0.209. The van der Waals surface area contributed by atoms with Gasteiger partial charge in [0, 0.05) is 36.2 Å². The van der Waals surface area contributed by atoms with Crippen LogP contribution in [0.4, 0.5) is 5.69 Å². The maximum absolute atomic E-state index is 10.7. The number of nitrogens with zero attached hydrogens (tertiary/aromatic N) is 1. The summed E-state index contributed by atoms with van der Waals surface area (Å²) >= 11 is 5.82. The third-order valence-corrected chi connectivity index (χ3v) is 2.78. The average Bonchev–Trinajstić information content (AvgIpc) is 2.35. The summed E-state index contributed by atoms with van der Waals surface area (Å²) in [6.45, 7) is 1.08. The van der Waals surface area contributed by atoms with Crippen LogP contribution in [0.15, 0.2) is 18.2 Å². The number of rotatable bonds is 5. The Balaban J connectivity index is 2.91. The number of carbonyl (C=O) groups excluding carboxylic acids is 1. The predicted octanol–water partition coefficient (Wildman–Crippen LogP) is 0.779. The van der Waals surface area contributed by atoms with Gasteiger partial charge in [-0.2, -0.15) is 0 Å². The fourth-order valence-corrected chi connectivity index (χ4v) is 1.67. The van der Waals surface area contributed by atoms with Gasteiger partial charge in [0.05, 0.1) is 4.92 Å². The summed E-state index contributed by atoms with van der Waals surface area (Å²) in [5, 5.41) is 32.6. The molecule has 0 aliphatic rings. The van der Waals surface area contributed by atoms with Crippen LogP contribution in [0.2, 0.25) is 5.02 Å². The molecular formula is C11H13ClN2O5. The molecule has 0 saturated heterocycles. The molecule has 3 N–H and O–H groups in total. The van der Waals surface area contributed by atoms with Gasteiger partial charge in [0.1, 0.15) is 12.2 Å². The van der Waals surface area contributed by atoms with Crippen LogP contribution >= 0.6 is 11.6 Å². The highest BCUT2D eigenvalue weighted by Gasteiger charge is 2.23. The summed E-state index contributed by atoms with van der Waals surface area (Å²) in [6.07, 6.45) is -2.75. The molecule has 0 heterocycles. The van der Waals surface area contributed by atoms with E-state index in [1.54, 1.807) is 0 Å². The van der Waals surface area contributed by atoms with E-state index in [1.165, 1.54) is 19.1 Å². The molecule has 1 rings (SSSR count). The van der Waals surface area contributed by atoms with Gasteiger partial charge in [-0.25, -0.2) is 0 Å². The zero-order valence-electron chi connectivity index (χ0n) is 10.0. The van der Waals surface area contributed by atoms with Crippen molar-refractivity contribution < 1.29 is 19.9 Å². The first-order valence-electron chi connectivity index (χ1n) is 5.37. The molecule has 0 fully saturated rings. The van der Waals surface area contributed by atoms with Gasteiger partial charge in [0.15, 0.2) is 0 Å². The summed E-state index contributed by atoms with van der Waals surface area (Å²) in [4.78, 5) is 20.7. The van der Waals surface area contributed by atoms with Gasteiger partial charge in [-0.15, -0.1) is 0 Å². The van der Waals surface area contributed by atoms with Crippen LogP contribution in [0, 0.1) is 10.1 Å². The molecule has 1 aromatic carbocycles. The number of nitro groups is 1. The number of halogens is 1. The highest BCUT2D eigenvalue weighted by atomic mass is 35.5. The first kappa shape index (κ1) is 15.4. The van der Waals surface area contributed by atoms with Crippen molar-refractivity contribution >= 4 is 23.2 Å². The Kier molecular flexibility index (Phi) is 5.22. The number of nitrogens with one attached hydrogen (secondary N) is 1. The third kappa shape index (κ3) is 4.16. The van der Waals surface area contributed by atoms with Gasteiger partial charge < -0.3 is 15.5 Å². The van der Waals surface area contributed by atoms with Crippen LogP contribution in [-0.2, 0) is 4.79 Å². The van der Waals surface area contributed by atoms with Crippen molar-refractivity contribution in [3.63, 3.8) is 0 Å². The van der Waals surface area contributed by atoms with Crippen molar-refractivity contribution in [3.8, 4) is 0 Å². The van der Waals surface area contributed by atoms with E-state index in [2.05, 4.69) is 5.32 Å². The molecule has 0 aliphatic carbocycles. The molecule has 2 unspecified atom stereocenters. The molecule has 19 heavy (non-hydrogen) atoms. The zero-order chi connectivity index (χ0) is 14.6. The molecule has 1 amide bonds. The van der Waals surface area contributed by atoms with E-state index in [9.17, 15) is 25.1 Å². The van der Waals surface area contributed by atoms with E-state index >= 15 is 0 Å². The summed E-state index contributed by atoms with van der Waals surface area (Å²) in [7, 11) is 0. The Morgan fingerprint density at radius 3 is 2.68 bits per heavy atom. The first-order chi connectivity index (χ1) is 8.82. The van der Waals surface area contributed by atoms with Crippen LogP contribution in [0.25, 0.3) is 0 Å². The van der Waals surface area contributed by atoms with Gasteiger partial charge in [-0.05, 0) is 6.07 Å². The Bertz CT molecular complexity index is 494. The molecular weight excluding hydrogens is 276 g/mol. The second-order valence-corrected chi connectivity index (χ2v) is 4.32. The minimum absolute atomic E-state index is 0.0359. The number of non-ortho nitro benzene ring substituents is 1. The number of amides is 1. The van der Waals surface area contributed by atoms with Crippen molar-refractivity contribution in [2.45, 2.75) is 19.1 Å². The van der Waals surface area contributed by atoms with E-state index in [0.29, 0.717) is 0 Å². The Morgan fingerprint density at radius 2 is 2.16 bits per heavy atom. The first-order valence-corrected chi connectivity index (χ1v) is 5.75. The summed E-state index contributed by atoms with van der Waals surface area (Å²) in [5.74, 6) is -0.364. The van der Waals surface area contributed by atoms with Gasteiger partial charge in [0.25, 0.3) is 5.69 Å². The van der Waals surface area contributed by atoms with Crippen LogP contribution in [0.3, 0.4) is 0 Å². The standard InChI is InChI=1S/C11H13ClN2O5/c1-6(15)13-5-10(16)11(17)8-4-7(14(18)19)2-3-9(8)12/h2-4,10-11,16-17H,5H2,1H3,(H,13,15). The van der Waals surface area contributed by atoms with E-state index < -0.39 is 17.1 Å². The van der Waals surface area contributed by atoms with Crippen molar-refractivity contribution in [1.29, 1.82) is 0 Å². The fourth-order valence-electron chi connectivity index (χ4n) is 1.44. The van der Waals surface area contributed by atoms with E-state index in [-0.39, 0.29) is 28.7 Å². The second-order valence-electron chi connectivity index (χ2n) is 3.91. The number of hydrogen-bond donors (Lipinski definition) is 3. The lowest BCUT2D eigenvalue weighted by molar-refractivity contribution is -0.385. The second kappa shape index (κ2) is 6.46. The molecule has 7 nitrogen and oxygen atoms in total. The number of carbonyl (C=O) groups is 1. The summed E-state index contributed by atoms with van der Waals surface area (Å²) in [6, 6.07) is 3.55. The monoisotopic (exact) mass is 288 g/mol. The Labute approximate surface area is 114 Å². The Hall–Kier alpha value is -1.70. The Morgan fingerprint density at radius 1 is 1.53 bits per heavy atom. The van der Waals surface area contributed by atoms with Crippen LogP contribution in [0.5, 0.6) is 0 Å². The molecule has 0 aromatic heterocycles. The minimum Gasteiger partial charge on any atom is -0.388 e. The van der Waals surface area contributed by atoms with Crippen LogP contribution in [-0.4, -0.2) is 33.7 Å². The number of aliphatic hydroxyl groups excluding tert-OH is 2. The smallest absolute Gasteiger partial charge is 0.269 e. The zero-order valence-corrected chi connectivity index (χ0v) is 10.8. The van der Waals surface area contributed by atoms with E-state index in [1.807, 2.05) is 0 Å². The maximum Gasteiger partial charge on any atom is 0.269 e. The highest BCUT2D eigenvalue weighted by molar-refractivity contribution is 6.31. The number of benzene rings is 1. The lowest BCUT2D eigenvalue weighted by Crippen LogP contribution is -2.34. The van der Waals surface area contributed by atoms with E-state index in [0.717, 1.165) is 6.07 Å². The fraction of sp³-hybridized carbons (Fsp3) is 0.364. The van der Waals surface area contributed by atoms with E-state index in [4.69, 9.17) is 11.6 Å². The average molecular weight is 289 g/mol. The van der Waals surface area contributed by atoms with Gasteiger partial charge >= 0.3 is 0 Å². The number of nitro benzene ring substituents is 1. The van der Waals surface area contributed by atoms with Crippen LogP contribution in [0.1, 0.15) is 18.6 Å². The topological polar surface area (TPSA) is 113 Å². The lowest BCUT2D eigenvalue weighted by atomic mass is 10.0. The lowest BCUT2D eigenvalue weighted by Gasteiger charge is -2.19. The largest absolute Gasteiger partial charge is 0.388 e. The van der Waals surface area contributed by atoms with Gasteiger partial charge in [-0.3, -0.25) is 14.9 Å². The van der Waals surface area contributed by atoms with Crippen molar-refractivity contribution in [1.82, 2.24) is 5.32 Å². The number of aliphatic hydroxyl groups is 2. The summed E-state index contributed by atoms with van der Waals surface area (Å²) < 4.78 is 0. The highest BCUT2D eigenvalue weighted by Crippen LogP contribution is 2.29. The van der Waals surface area contributed by atoms with Crippen LogP contribution < -0.4 is 5.32 Å². The van der Waals surface area contributed by atoms with Crippen molar-refractivity contribution in [3.05, 3.63) is 38.9 Å². The quantitative estimate of drug-likeness (QED) is 0.547. The van der Waals surface area contributed by atoms with Crippen molar-refractivity contribution in [2.24, 2.45) is 0 Å². The molecule has 0 spiro atoms. The van der Waals surface area contributed by atoms with Crippen molar-refractivity contribution in [2.75, 3.05) is 6.54 Å². The molecule has 2 atom stereocenters.